The average molecular weight is 196 g/mol. The van der Waals surface area contributed by atoms with Crippen LogP contribution in [0.1, 0.15) is 20.3 Å². The predicted octanol–water partition coefficient (Wildman–Crippen LogP) is 1.48. The molecule has 0 N–H and O–H groups in total. The molecular weight excluding hydrogens is 180 g/mol. The van der Waals surface area contributed by atoms with Gasteiger partial charge in [0.25, 0.3) is 0 Å². The van der Waals surface area contributed by atoms with E-state index in [1.54, 1.807) is 0 Å². The topological polar surface area (TPSA) is 27.7 Å². The van der Waals surface area contributed by atoms with E-state index in [0.29, 0.717) is 18.6 Å². The van der Waals surface area contributed by atoms with Crippen LogP contribution >= 0.6 is 0 Å². The summed E-state index contributed by atoms with van der Waals surface area (Å²) in [6.45, 7) is 8.63. The minimum atomic E-state index is -0.491. The highest BCUT2D eigenvalue weighted by molar-refractivity contribution is 5.23. The van der Waals surface area contributed by atoms with E-state index in [1.165, 1.54) is 5.57 Å². The van der Waals surface area contributed by atoms with Gasteiger partial charge in [-0.15, -0.1) is 0 Å². The van der Waals surface area contributed by atoms with E-state index in [2.05, 4.69) is 6.58 Å². The van der Waals surface area contributed by atoms with Crippen LogP contribution in [-0.2, 0) is 14.2 Å². The van der Waals surface area contributed by atoms with Crippen LogP contribution in [0.4, 0.5) is 0 Å². The van der Waals surface area contributed by atoms with E-state index >= 15 is 0 Å². The van der Waals surface area contributed by atoms with Gasteiger partial charge in [0.15, 0.2) is 5.79 Å². The third-order valence-corrected chi connectivity index (χ3v) is 3.27. The minimum Gasteiger partial charge on any atom is -0.369 e. The summed E-state index contributed by atoms with van der Waals surface area (Å²) >= 11 is 0. The molecule has 2 saturated heterocycles. The maximum Gasteiger partial charge on any atom is 0.163 e. The van der Waals surface area contributed by atoms with E-state index in [4.69, 9.17) is 14.2 Å². The van der Waals surface area contributed by atoms with Gasteiger partial charge in [-0.3, -0.25) is 0 Å². The Hall–Kier alpha value is -0.380. The lowest BCUT2D eigenvalue weighted by Gasteiger charge is -2.43. The lowest BCUT2D eigenvalue weighted by molar-refractivity contribution is -0.308. The molecule has 3 rings (SSSR count). The van der Waals surface area contributed by atoms with Crippen molar-refractivity contribution in [1.82, 2.24) is 0 Å². The van der Waals surface area contributed by atoms with Gasteiger partial charge >= 0.3 is 0 Å². The first-order valence-corrected chi connectivity index (χ1v) is 5.23. The Labute approximate surface area is 84.0 Å². The Balaban J connectivity index is 1.82. The fourth-order valence-electron chi connectivity index (χ4n) is 2.36. The van der Waals surface area contributed by atoms with Gasteiger partial charge in [-0.25, -0.2) is 0 Å². The zero-order valence-electron chi connectivity index (χ0n) is 8.66. The molecule has 1 aliphatic carbocycles. The van der Waals surface area contributed by atoms with Crippen LogP contribution in [-0.4, -0.2) is 30.7 Å². The van der Waals surface area contributed by atoms with Gasteiger partial charge in [0.2, 0.25) is 0 Å². The molecule has 0 radical (unpaired) electrons. The van der Waals surface area contributed by atoms with Crippen molar-refractivity contribution >= 4 is 0 Å². The summed E-state index contributed by atoms with van der Waals surface area (Å²) in [5.41, 5.74) is 1.21. The summed E-state index contributed by atoms with van der Waals surface area (Å²) < 4.78 is 17.2. The number of ether oxygens (including phenoxy) is 3. The lowest BCUT2D eigenvalue weighted by atomic mass is 9.98. The molecule has 0 amide bonds. The summed E-state index contributed by atoms with van der Waals surface area (Å²) in [7, 11) is 0. The van der Waals surface area contributed by atoms with Crippen LogP contribution in [0.3, 0.4) is 0 Å². The molecule has 2 aliphatic heterocycles. The summed E-state index contributed by atoms with van der Waals surface area (Å²) in [5.74, 6) is 0.0556. The number of hydrogen-bond acceptors (Lipinski definition) is 3. The molecule has 0 aromatic carbocycles. The molecule has 2 heterocycles. The van der Waals surface area contributed by atoms with Gasteiger partial charge < -0.3 is 14.2 Å². The molecule has 3 fully saturated rings. The summed E-state index contributed by atoms with van der Waals surface area (Å²) in [4.78, 5) is 0. The third-order valence-electron chi connectivity index (χ3n) is 3.27. The van der Waals surface area contributed by atoms with Gasteiger partial charge in [-0.05, 0) is 25.8 Å². The molecule has 1 saturated carbocycles. The number of fused-ring (bicyclic) bond motifs is 2. The van der Waals surface area contributed by atoms with Gasteiger partial charge in [0, 0.05) is 5.92 Å². The van der Waals surface area contributed by atoms with Crippen LogP contribution < -0.4 is 0 Å². The SMILES string of the molecule is C=C1[C@@H]2C[C@@H]2O[C@@H]2COC(C)(C)O[C@@H]12. The first kappa shape index (κ1) is 8.89. The Morgan fingerprint density at radius 2 is 2.14 bits per heavy atom. The lowest BCUT2D eigenvalue weighted by Crippen LogP contribution is -2.52. The second kappa shape index (κ2) is 2.60. The largest absolute Gasteiger partial charge is 0.369 e. The predicted molar refractivity (Wildman–Crippen MR) is 50.8 cm³/mol. The van der Waals surface area contributed by atoms with Gasteiger partial charge in [0.1, 0.15) is 12.2 Å². The van der Waals surface area contributed by atoms with Crippen LogP contribution in [0.15, 0.2) is 12.2 Å². The van der Waals surface area contributed by atoms with Crippen molar-refractivity contribution in [3.05, 3.63) is 12.2 Å². The van der Waals surface area contributed by atoms with Crippen LogP contribution in [0.5, 0.6) is 0 Å². The molecular formula is C11H16O3. The van der Waals surface area contributed by atoms with Crippen LogP contribution in [0.2, 0.25) is 0 Å². The third kappa shape index (κ3) is 1.23. The fraction of sp³-hybridized carbons (Fsp3) is 0.818. The Kier molecular flexibility index (Phi) is 1.65. The highest BCUT2D eigenvalue weighted by Gasteiger charge is 2.54. The van der Waals surface area contributed by atoms with Crippen molar-refractivity contribution < 1.29 is 14.2 Å². The first-order chi connectivity index (χ1) is 6.57. The van der Waals surface area contributed by atoms with Gasteiger partial charge in [-0.2, -0.15) is 0 Å². The van der Waals surface area contributed by atoms with Crippen molar-refractivity contribution in [3.63, 3.8) is 0 Å². The summed E-state index contributed by atoms with van der Waals surface area (Å²) in [6, 6.07) is 0. The monoisotopic (exact) mass is 196 g/mol. The highest BCUT2D eigenvalue weighted by atomic mass is 16.7. The zero-order chi connectivity index (χ0) is 9.92. The van der Waals surface area contributed by atoms with E-state index in [-0.39, 0.29) is 12.2 Å². The van der Waals surface area contributed by atoms with Crippen molar-refractivity contribution in [2.45, 2.75) is 44.4 Å². The molecule has 3 nitrogen and oxygen atoms in total. The molecule has 0 aromatic rings. The molecule has 0 bridgehead atoms. The molecule has 3 aliphatic rings. The van der Waals surface area contributed by atoms with E-state index in [9.17, 15) is 0 Å². The number of hydrogen-bond donors (Lipinski definition) is 0. The smallest absolute Gasteiger partial charge is 0.163 e. The maximum absolute atomic E-state index is 5.84. The molecule has 4 atom stereocenters. The molecule has 0 spiro atoms. The highest BCUT2D eigenvalue weighted by Crippen LogP contribution is 2.49. The quantitative estimate of drug-likeness (QED) is 0.549. The van der Waals surface area contributed by atoms with Crippen molar-refractivity contribution in [1.29, 1.82) is 0 Å². The molecule has 0 unspecified atom stereocenters. The molecule has 78 valence electrons. The summed E-state index contributed by atoms with van der Waals surface area (Å²) in [6.07, 6.45) is 1.63. The minimum absolute atomic E-state index is 0.0440. The zero-order valence-corrected chi connectivity index (χ0v) is 8.66. The molecule has 0 aromatic heterocycles. The fourth-order valence-corrected chi connectivity index (χ4v) is 2.36. The maximum atomic E-state index is 5.84. The van der Waals surface area contributed by atoms with Crippen molar-refractivity contribution in [2.75, 3.05) is 6.61 Å². The molecule has 14 heavy (non-hydrogen) atoms. The van der Waals surface area contributed by atoms with Crippen LogP contribution in [0.25, 0.3) is 0 Å². The van der Waals surface area contributed by atoms with E-state index in [1.807, 2.05) is 13.8 Å². The van der Waals surface area contributed by atoms with Crippen molar-refractivity contribution in [3.8, 4) is 0 Å². The van der Waals surface area contributed by atoms with Gasteiger partial charge in [0.05, 0.1) is 12.7 Å². The standard InChI is InChI=1S/C11H16O3/c1-6-7-4-8(7)13-9-5-12-11(2,3)14-10(6)9/h7-10H,1,4-5H2,2-3H3/t7-,8-,9+,10-/m0/s1. The second-order valence-corrected chi connectivity index (χ2v) is 4.88. The van der Waals surface area contributed by atoms with E-state index in [0.717, 1.165) is 6.42 Å². The Morgan fingerprint density at radius 1 is 1.36 bits per heavy atom. The van der Waals surface area contributed by atoms with Crippen LogP contribution in [0, 0.1) is 5.92 Å². The van der Waals surface area contributed by atoms with Gasteiger partial charge in [-0.1, -0.05) is 6.58 Å². The Morgan fingerprint density at radius 3 is 2.93 bits per heavy atom. The number of rotatable bonds is 0. The normalized spacial score (nSPS) is 49.4. The molecule has 3 heteroatoms. The van der Waals surface area contributed by atoms with E-state index < -0.39 is 5.79 Å². The average Bonchev–Trinajstić information content (AvgIpc) is 2.85. The summed E-state index contributed by atoms with van der Waals surface area (Å²) in [5, 5.41) is 0. The Bertz CT molecular complexity index is 284. The first-order valence-electron chi connectivity index (χ1n) is 5.23. The second-order valence-electron chi connectivity index (χ2n) is 4.88. The van der Waals surface area contributed by atoms with Crippen molar-refractivity contribution in [2.24, 2.45) is 5.92 Å².